The van der Waals surface area contributed by atoms with E-state index in [-0.39, 0.29) is 41.9 Å². The lowest BCUT2D eigenvalue weighted by Gasteiger charge is -2.35. The molecule has 32 heavy (non-hydrogen) atoms. The third-order valence-electron chi connectivity index (χ3n) is 5.72. The standard InChI is InChI=1S/C24H33FN4O2.HI/c1-17-5-6-20(15-22(17)25)18(2)28-24(26-3)27-16-23(29-11-13-31-14-12-29)19-7-9-21(30-4)10-8-19;/h5-10,15,18,23H,11-14,16H2,1-4H3,(H2,26,27,28);1H. The van der Waals surface area contributed by atoms with Crippen LogP contribution in [-0.2, 0) is 4.74 Å². The molecule has 1 fully saturated rings. The molecule has 2 unspecified atom stereocenters. The molecule has 176 valence electrons. The SMILES string of the molecule is CN=C(NCC(c1ccc(OC)cc1)N1CCOCC1)NC(C)c1ccc(C)c(F)c1.I. The molecule has 0 spiro atoms. The van der Waals surface area contributed by atoms with Crippen molar-refractivity contribution >= 4 is 29.9 Å². The van der Waals surface area contributed by atoms with E-state index in [4.69, 9.17) is 9.47 Å². The number of nitrogens with zero attached hydrogens (tertiary/aromatic N) is 2. The van der Waals surface area contributed by atoms with Gasteiger partial charge in [0, 0.05) is 26.7 Å². The van der Waals surface area contributed by atoms with Gasteiger partial charge in [0.15, 0.2) is 5.96 Å². The summed E-state index contributed by atoms with van der Waals surface area (Å²) in [5, 5.41) is 6.82. The summed E-state index contributed by atoms with van der Waals surface area (Å²) >= 11 is 0. The highest BCUT2D eigenvalue weighted by molar-refractivity contribution is 14.0. The Kier molecular flexibility index (Phi) is 10.7. The molecule has 1 heterocycles. The van der Waals surface area contributed by atoms with Crippen LogP contribution >= 0.6 is 24.0 Å². The molecule has 2 N–H and O–H groups in total. The zero-order valence-corrected chi connectivity index (χ0v) is 21.6. The summed E-state index contributed by atoms with van der Waals surface area (Å²) in [5.41, 5.74) is 2.73. The van der Waals surface area contributed by atoms with E-state index in [1.165, 1.54) is 5.56 Å². The highest BCUT2D eigenvalue weighted by atomic mass is 127. The molecule has 0 aromatic heterocycles. The Morgan fingerprint density at radius 3 is 2.41 bits per heavy atom. The van der Waals surface area contributed by atoms with Crippen molar-refractivity contribution < 1.29 is 13.9 Å². The molecule has 0 saturated carbocycles. The number of benzene rings is 2. The van der Waals surface area contributed by atoms with E-state index in [1.807, 2.05) is 25.1 Å². The van der Waals surface area contributed by atoms with Crippen LogP contribution < -0.4 is 15.4 Å². The van der Waals surface area contributed by atoms with Crippen molar-refractivity contribution in [3.05, 3.63) is 65.0 Å². The molecule has 1 aliphatic rings. The minimum absolute atomic E-state index is 0. The van der Waals surface area contributed by atoms with Crippen LogP contribution in [-0.4, -0.2) is 57.9 Å². The monoisotopic (exact) mass is 556 g/mol. The van der Waals surface area contributed by atoms with Gasteiger partial charge in [0.2, 0.25) is 0 Å². The zero-order chi connectivity index (χ0) is 22.2. The summed E-state index contributed by atoms with van der Waals surface area (Å²) < 4.78 is 24.8. The Morgan fingerprint density at radius 2 is 1.81 bits per heavy atom. The number of nitrogens with one attached hydrogen (secondary N) is 2. The third-order valence-corrected chi connectivity index (χ3v) is 5.72. The summed E-state index contributed by atoms with van der Waals surface area (Å²) in [4.78, 5) is 6.79. The number of methoxy groups -OCH3 is 1. The van der Waals surface area contributed by atoms with E-state index in [9.17, 15) is 4.39 Å². The van der Waals surface area contributed by atoms with Gasteiger partial charge in [0.25, 0.3) is 0 Å². The normalized spacial score (nSPS) is 16.6. The van der Waals surface area contributed by atoms with Gasteiger partial charge in [-0.25, -0.2) is 4.39 Å². The summed E-state index contributed by atoms with van der Waals surface area (Å²) in [7, 11) is 3.42. The predicted molar refractivity (Wildman–Crippen MR) is 138 cm³/mol. The van der Waals surface area contributed by atoms with Gasteiger partial charge in [0.05, 0.1) is 32.4 Å². The van der Waals surface area contributed by atoms with E-state index in [2.05, 4.69) is 32.7 Å². The summed E-state index contributed by atoms with van der Waals surface area (Å²) in [6.07, 6.45) is 0. The van der Waals surface area contributed by atoms with Crippen LogP contribution in [0.25, 0.3) is 0 Å². The lowest BCUT2D eigenvalue weighted by molar-refractivity contribution is 0.0170. The van der Waals surface area contributed by atoms with Crippen LogP contribution in [0, 0.1) is 12.7 Å². The molecule has 1 saturated heterocycles. The van der Waals surface area contributed by atoms with Crippen molar-refractivity contribution in [1.29, 1.82) is 0 Å². The lowest BCUT2D eigenvalue weighted by Crippen LogP contribution is -2.46. The number of hydrogen-bond acceptors (Lipinski definition) is 4. The maximum absolute atomic E-state index is 14.0. The molecule has 2 aromatic carbocycles. The van der Waals surface area contributed by atoms with Crippen LogP contribution in [0.15, 0.2) is 47.5 Å². The van der Waals surface area contributed by atoms with Crippen molar-refractivity contribution in [1.82, 2.24) is 15.5 Å². The van der Waals surface area contributed by atoms with Crippen molar-refractivity contribution in [2.75, 3.05) is 47.0 Å². The summed E-state index contributed by atoms with van der Waals surface area (Å²) in [6.45, 7) is 7.67. The van der Waals surface area contributed by atoms with Gasteiger partial charge in [-0.15, -0.1) is 24.0 Å². The van der Waals surface area contributed by atoms with Crippen molar-refractivity contribution in [3.8, 4) is 5.75 Å². The fraction of sp³-hybridized carbons (Fsp3) is 0.458. The van der Waals surface area contributed by atoms with Gasteiger partial charge in [-0.1, -0.05) is 24.3 Å². The summed E-state index contributed by atoms with van der Waals surface area (Å²) in [5.74, 6) is 1.33. The Hall–Kier alpha value is -1.91. The molecule has 0 aliphatic carbocycles. The van der Waals surface area contributed by atoms with E-state index in [1.54, 1.807) is 33.2 Å². The Balaban J connectivity index is 0.00000363. The van der Waals surface area contributed by atoms with E-state index >= 15 is 0 Å². The predicted octanol–water partition coefficient (Wildman–Crippen LogP) is 4.06. The number of aliphatic imine (C=N–C) groups is 1. The number of guanidine groups is 1. The lowest BCUT2D eigenvalue weighted by atomic mass is 10.0. The fourth-order valence-electron chi connectivity index (χ4n) is 3.73. The molecule has 3 rings (SSSR count). The second kappa shape index (κ2) is 13.0. The largest absolute Gasteiger partial charge is 0.497 e. The Morgan fingerprint density at radius 1 is 1.16 bits per heavy atom. The molecule has 0 radical (unpaired) electrons. The first-order chi connectivity index (χ1) is 15.0. The average Bonchev–Trinajstić information content (AvgIpc) is 2.81. The smallest absolute Gasteiger partial charge is 0.191 e. The van der Waals surface area contributed by atoms with Crippen molar-refractivity contribution in [3.63, 3.8) is 0 Å². The van der Waals surface area contributed by atoms with Gasteiger partial charge >= 0.3 is 0 Å². The molecule has 2 atom stereocenters. The van der Waals surface area contributed by atoms with Crippen molar-refractivity contribution in [2.24, 2.45) is 4.99 Å². The highest BCUT2D eigenvalue weighted by Crippen LogP contribution is 2.24. The van der Waals surface area contributed by atoms with Crippen LogP contribution in [0.2, 0.25) is 0 Å². The first-order valence-electron chi connectivity index (χ1n) is 10.7. The van der Waals surface area contributed by atoms with Crippen molar-refractivity contribution in [2.45, 2.75) is 25.9 Å². The maximum Gasteiger partial charge on any atom is 0.191 e. The quantitative estimate of drug-likeness (QED) is 0.306. The molecule has 6 nitrogen and oxygen atoms in total. The van der Waals surface area contributed by atoms with Gasteiger partial charge in [-0.3, -0.25) is 9.89 Å². The summed E-state index contributed by atoms with van der Waals surface area (Å²) in [6, 6.07) is 13.6. The number of aryl methyl sites for hydroxylation is 1. The van der Waals surface area contributed by atoms with Crippen LogP contribution in [0.3, 0.4) is 0 Å². The number of halogens is 2. The van der Waals surface area contributed by atoms with Crippen LogP contribution in [0.4, 0.5) is 4.39 Å². The number of ether oxygens (including phenoxy) is 2. The van der Waals surface area contributed by atoms with E-state index in [0.717, 1.165) is 37.6 Å². The Bertz CT molecular complexity index is 873. The third kappa shape index (κ3) is 7.05. The fourth-order valence-corrected chi connectivity index (χ4v) is 3.73. The molecule has 0 bridgehead atoms. The van der Waals surface area contributed by atoms with Gasteiger partial charge in [-0.2, -0.15) is 0 Å². The van der Waals surface area contributed by atoms with Gasteiger partial charge in [-0.05, 0) is 48.7 Å². The average molecular weight is 556 g/mol. The molecule has 0 amide bonds. The van der Waals surface area contributed by atoms with Gasteiger partial charge in [0.1, 0.15) is 11.6 Å². The minimum atomic E-state index is -0.194. The first kappa shape index (κ1) is 26.3. The molecule has 1 aliphatic heterocycles. The number of morpholine rings is 1. The first-order valence-corrected chi connectivity index (χ1v) is 10.7. The molecule has 8 heteroatoms. The number of hydrogen-bond donors (Lipinski definition) is 2. The maximum atomic E-state index is 14.0. The second-order valence-corrected chi connectivity index (χ2v) is 7.77. The van der Waals surface area contributed by atoms with E-state index < -0.39 is 0 Å². The number of rotatable bonds is 7. The van der Waals surface area contributed by atoms with Crippen LogP contribution in [0.1, 0.15) is 35.7 Å². The molecule has 2 aromatic rings. The topological polar surface area (TPSA) is 58.1 Å². The molecular formula is C24H34FIN4O2. The van der Waals surface area contributed by atoms with E-state index in [0.29, 0.717) is 18.1 Å². The second-order valence-electron chi connectivity index (χ2n) is 7.77. The van der Waals surface area contributed by atoms with Crippen LogP contribution in [0.5, 0.6) is 5.75 Å². The zero-order valence-electron chi connectivity index (χ0n) is 19.2. The van der Waals surface area contributed by atoms with Gasteiger partial charge < -0.3 is 20.1 Å². The molecular weight excluding hydrogens is 522 g/mol. The minimum Gasteiger partial charge on any atom is -0.497 e. The Labute approximate surface area is 207 Å². The highest BCUT2D eigenvalue weighted by Gasteiger charge is 2.23.